The van der Waals surface area contributed by atoms with Crippen molar-refractivity contribution in [3.05, 3.63) is 0 Å². The molecule has 0 radical (unpaired) electrons. The van der Waals surface area contributed by atoms with Gasteiger partial charge in [0.15, 0.2) is 0 Å². The Morgan fingerprint density at radius 2 is 1.85 bits per heavy atom. The quantitative estimate of drug-likeness (QED) is 0.589. The third kappa shape index (κ3) is 9.84. The lowest BCUT2D eigenvalue weighted by Crippen LogP contribution is -2.27. The average molecular weight is 187 g/mol. The summed E-state index contributed by atoms with van der Waals surface area (Å²) in [5, 5.41) is 3.45. The van der Waals surface area contributed by atoms with Gasteiger partial charge >= 0.3 is 0 Å². The van der Waals surface area contributed by atoms with Crippen LogP contribution < -0.4 is 5.32 Å². The van der Waals surface area contributed by atoms with Gasteiger partial charge in [0.1, 0.15) is 0 Å². The fraction of sp³-hybridized carbons (Fsp3) is 1.00. The van der Waals surface area contributed by atoms with Crippen LogP contribution in [0, 0.1) is 5.92 Å². The van der Waals surface area contributed by atoms with Crippen molar-refractivity contribution >= 4 is 0 Å². The molecule has 0 aromatic carbocycles. The summed E-state index contributed by atoms with van der Waals surface area (Å²) in [4.78, 5) is 0. The lowest BCUT2D eigenvalue weighted by atomic mass is 10.0. The largest absolute Gasteiger partial charge is 0.385 e. The summed E-state index contributed by atoms with van der Waals surface area (Å²) in [6.07, 6.45) is 3.79. The van der Waals surface area contributed by atoms with Crippen molar-refractivity contribution in [1.82, 2.24) is 5.32 Å². The summed E-state index contributed by atoms with van der Waals surface area (Å²) >= 11 is 0. The van der Waals surface area contributed by atoms with Gasteiger partial charge in [-0.15, -0.1) is 0 Å². The highest BCUT2D eigenvalue weighted by Gasteiger charge is 2.02. The number of ether oxygens (including phenoxy) is 1. The molecule has 0 saturated carbocycles. The van der Waals surface area contributed by atoms with E-state index in [4.69, 9.17) is 4.74 Å². The molecule has 1 unspecified atom stereocenters. The van der Waals surface area contributed by atoms with Crippen molar-refractivity contribution in [3.8, 4) is 0 Å². The molecule has 80 valence electrons. The Kier molecular flexibility index (Phi) is 8.46. The molecule has 0 aliphatic carbocycles. The minimum absolute atomic E-state index is 0.612. The lowest BCUT2D eigenvalue weighted by Gasteiger charge is -2.14. The van der Waals surface area contributed by atoms with Gasteiger partial charge in [0.05, 0.1) is 0 Å². The van der Waals surface area contributed by atoms with Crippen LogP contribution in [-0.2, 0) is 4.74 Å². The van der Waals surface area contributed by atoms with Crippen molar-refractivity contribution in [2.75, 3.05) is 20.3 Å². The number of hydrogen-bond donors (Lipinski definition) is 1. The van der Waals surface area contributed by atoms with Crippen LogP contribution in [0.15, 0.2) is 0 Å². The molecule has 13 heavy (non-hydrogen) atoms. The van der Waals surface area contributed by atoms with Gasteiger partial charge in [-0.3, -0.25) is 0 Å². The molecular formula is C11H25NO. The molecule has 0 saturated heterocycles. The van der Waals surface area contributed by atoms with Gasteiger partial charge in [-0.05, 0) is 25.3 Å². The molecule has 2 nitrogen and oxygen atoms in total. The third-order valence-corrected chi connectivity index (χ3v) is 2.17. The Morgan fingerprint density at radius 3 is 2.38 bits per heavy atom. The van der Waals surface area contributed by atoms with Crippen LogP contribution >= 0.6 is 0 Å². The fourth-order valence-corrected chi connectivity index (χ4v) is 1.28. The van der Waals surface area contributed by atoms with Gasteiger partial charge in [0.25, 0.3) is 0 Å². The number of nitrogens with one attached hydrogen (secondary N) is 1. The van der Waals surface area contributed by atoms with Crippen molar-refractivity contribution in [2.45, 2.75) is 46.1 Å². The second-order valence-corrected chi connectivity index (χ2v) is 4.16. The molecule has 0 aliphatic heterocycles. The van der Waals surface area contributed by atoms with Crippen molar-refractivity contribution in [2.24, 2.45) is 5.92 Å². The summed E-state index contributed by atoms with van der Waals surface area (Å²) in [6.45, 7) is 8.74. The average Bonchev–Trinajstić information content (AvgIpc) is 2.09. The molecular weight excluding hydrogens is 162 g/mol. The van der Waals surface area contributed by atoms with Crippen LogP contribution in [-0.4, -0.2) is 26.3 Å². The van der Waals surface area contributed by atoms with E-state index in [9.17, 15) is 0 Å². The van der Waals surface area contributed by atoms with Crippen molar-refractivity contribution in [1.29, 1.82) is 0 Å². The number of rotatable bonds is 8. The Balaban J connectivity index is 3.15. The highest BCUT2D eigenvalue weighted by molar-refractivity contribution is 4.59. The summed E-state index contributed by atoms with van der Waals surface area (Å²) in [5.41, 5.74) is 0. The highest BCUT2D eigenvalue weighted by Crippen LogP contribution is 2.06. The first-order valence-electron chi connectivity index (χ1n) is 5.39. The van der Waals surface area contributed by atoms with E-state index in [1.807, 2.05) is 0 Å². The maximum atomic E-state index is 5.01. The van der Waals surface area contributed by atoms with Gasteiger partial charge in [-0.25, -0.2) is 0 Å². The first-order valence-corrected chi connectivity index (χ1v) is 5.39. The van der Waals surface area contributed by atoms with Gasteiger partial charge in [0, 0.05) is 19.8 Å². The van der Waals surface area contributed by atoms with E-state index >= 15 is 0 Å². The van der Waals surface area contributed by atoms with Crippen LogP contribution in [0.2, 0.25) is 0 Å². The summed E-state index contributed by atoms with van der Waals surface area (Å²) in [7, 11) is 1.77. The molecule has 0 spiro atoms. The minimum Gasteiger partial charge on any atom is -0.385 e. The second kappa shape index (κ2) is 8.52. The van der Waals surface area contributed by atoms with Crippen LogP contribution in [0.3, 0.4) is 0 Å². The zero-order chi connectivity index (χ0) is 10.1. The molecule has 0 bridgehead atoms. The Bertz CT molecular complexity index is 104. The standard InChI is InChI=1S/C11H25NO/c1-10(2)12-9-11(3)7-5-6-8-13-4/h10-12H,5-9H2,1-4H3. The van der Waals surface area contributed by atoms with Crippen LogP contribution in [0.5, 0.6) is 0 Å². The maximum absolute atomic E-state index is 5.01. The summed E-state index contributed by atoms with van der Waals surface area (Å²) in [5.74, 6) is 0.791. The maximum Gasteiger partial charge on any atom is 0.0462 e. The van der Waals surface area contributed by atoms with Crippen LogP contribution in [0.4, 0.5) is 0 Å². The second-order valence-electron chi connectivity index (χ2n) is 4.16. The summed E-state index contributed by atoms with van der Waals surface area (Å²) in [6, 6.07) is 0.612. The Labute approximate surface area is 83.1 Å². The molecule has 0 rings (SSSR count). The summed E-state index contributed by atoms with van der Waals surface area (Å²) < 4.78 is 5.01. The van der Waals surface area contributed by atoms with E-state index in [2.05, 4.69) is 26.1 Å². The zero-order valence-electron chi connectivity index (χ0n) is 9.60. The van der Waals surface area contributed by atoms with E-state index in [1.165, 1.54) is 19.3 Å². The van der Waals surface area contributed by atoms with E-state index in [0.29, 0.717) is 6.04 Å². The van der Waals surface area contributed by atoms with Gasteiger partial charge in [-0.1, -0.05) is 27.2 Å². The van der Waals surface area contributed by atoms with Crippen LogP contribution in [0.1, 0.15) is 40.0 Å². The van der Waals surface area contributed by atoms with Crippen LogP contribution in [0.25, 0.3) is 0 Å². The number of unbranched alkanes of at least 4 members (excludes halogenated alkanes) is 1. The number of hydrogen-bond acceptors (Lipinski definition) is 2. The Morgan fingerprint density at radius 1 is 1.15 bits per heavy atom. The smallest absolute Gasteiger partial charge is 0.0462 e. The van der Waals surface area contributed by atoms with Crippen molar-refractivity contribution < 1.29 is 4.74 Å². The van der Waals surface area contributed by atoms with Gasteiger partial charge in [-0.2, -0.15) is 0 Å². The molecule has 0 heterocycles. The third-order valence-electron chi connectivity index (χ3n) is 2.17. The topological polar surface area (TPSA) is 21.3 Å². The first-order chi connectivity index (χ1) is 6.16. The molecule has 1 atom stereocenters. The van der Waals surface area contributed by atoms with E-state index in [1.54, 1.807) is 7.11 Å². The lowest BCUT2D eigenvalue weighted by molar-refractivity contribution is 0.190. The Hall–Kier alpha value is -0.0800. The van der Waals surface area contributed by atoms with Gasteiger partial charge in [0.2, 0.25) is 0 Å². The SMILES string of the molecule is COCCCCC(C)CNC(C)C. The van der Waals surface area contributed by atoms with E-state index < -0.39 is 0 Å². The minimum atomic E-state index is 0.612. The molecule has 0 aromatic heterocycles. The van der Waals surface area contributed by atoms with Gasteiger partial charge < -0.3 is 10.1 Å². The first kappa shape index (κ1) is 12.9. The normalized spacial score (nSPS) is 13.6. The molecule has 2 heteroatoms. The van der Waals surface area contributed by atoms with E-state index in [-0.39, 0.29) is 0 Å². The highest BCUT2D eigenvalue weighted by atomic mass is 16.5. The van der Waals surface area contributed by atoms with Crippen molar-refractivity contribution in [3.63, 3.8) is 0 Å². The van der Waals surface area contributed by atoms with E-state index in [0.717, 1.165) is 19.1 Å². The molecule has 0 aliphatic rings. The predicted octanol–water partition coefficient (Wildman–Crippen LogP) is 2.44. The molecule has 0 amide bonds. The predicted molar refractivity (Wildman–Crippen MR) is 58.0 cm³/mol. The molecule has 0 aromatic rings. The zero-order valence-corrected chi connectivity index (χ0v) is 9.60. The molecule has 0 fully saturated rings. The molecule has 1 N–H and O–H groups in total. The number of methoxy groups -OCH3 is 1. The fourth-order valence-electron chi connectivity index (χ4n) is 1.28. The monoisotopic (exact) mass is 187 g/mol.